The van der Waals surface area contributed by atoms with Crippen LogP contribution >= 0.6 is 11.6 Å². The minimum Gasteiger partial charge on any atom is -0.383 e. The molecule has 0 heterocycles. The smallest absolute Gasteiger partial charge is 0.0642 e. The number of hydrogen-bond acceptors (Lipinski definition) is 2. The standard InChI is InChI=1S/C11H16ClNO/c1-11(13,8-14-2)7-9-3-5-10(12)6-4-9/h3-6H,7-8,13H2,1-2H3. The maximum atomic E-state index is 6.04. The van der Waals surface area contributed by atoms with Crippen molar-refractivity contribution in [2.45, 2.75) is 18.9 Å². The molecule has 0 fully saturated rings. The molecule has 0 spiro atoms. The molecule has 0 aliphatic rings. The monoisotopic (exact) mass is 213 g/mol. The van der Waals surface area contributed by atoms with Crippen molar-refractivity contribution in [3.63, 3.8) is 0 Å². The van der Waals surface area contributed by atoms with E-state index in [4.69, 9.17) is 22.1 Å². The minimum absolute atomic E-state index is 0.317. The fraction of sp³-hybridized carbons (Fsp3) is 0.455. The molecule has 0 aliphatic heterocycles. The summed E-state index contributed by atoms with van der Waals surface area (Å²) in [4.78, 5) is 0. The fourth-order valence-corrected chi connectivity index (χ4v) is 1.58. The first-order chi connectivity index (χ1) is 6.53. The summed E-state index contributed by atoms with van der Waals surface area (Å²) < 4.78 is 5.05. The van der Waals surface area contributed by atoms with Gasteiger partial charge in [-0.15, -0.1) is 0 Å². The fourth-order valence-electron chi connectivity index (χ4n) is 1.45. The van der Waals surface area contributed by atoms with Gasteiger partial charge in [0.2, 0.25) is 0 Å². The number of rotatable bonds is 4. The third kappa shape index (κ3) is 3.66. The maximum Gasteiger partial charge on any atom is 0.0642 e. The summed E-state index contributed by atoms with van der Waals surface area (Å²) in [6.45, 7) is 2.53. The van der Waals surface area contributed by atoms with Gasteiger partial charge in [-0.05, 0) is 31.0 Å². The second-order valence-corrected chi connectivity index (χ2v) is 4.33. The molecule has 1 aromatic carbocycles. The van der Waals surface area contributed by atoms with Crippen molar-refractivity contribution in [3.05, 3.63) is 34.9 Å². The van der Waals surface area contributed by atoms with Crippen LogP contribution < -0.4 is 5.73 Å². The van der Waals surface area contributed by atoms with Crippen molar-refractivity contribution >= 4 is 11.6 Å². The summed E-state index contributed by atoms with van der Waals surface area (Å²) >= 11 is 5.79. The summed E-state index contributed by atoms with van der Waals surface area (Å²) in [6.07, 6.45) is 0.790. The van der Waals surface area contributed by atoms with E-state index in [1.165, 1.54) is 5.56 Å². The van der Waals surface area contributed by atoms with Crippen LogP contribution in [0.1, 0.15) is 12.5 Å². The highest BCUT2D eigenvalue weighted by molar-refractivity contribution is 6.30. The molecule has 1 aromatic rings. The normalized spacial score (nSPS) is 15.1. The van der Waals surface area contributed by atoms with Crippen LogP contribution in [0.25, 0.3) is 0 Å². The average Bonchev–Trinajstić information content (AvgIpc) is 2.08. The van der Waals surface area contributed by atoms with Crippen LogP contribution in [0.15, 0.2) is 24.3 Å². The lowest BCUT2D eigenvalue weighted by molar-refractivity contribution is 0.141. The molecule has 0 aliphatic carbocycles. The Hall–Kier alpha value is -0.570. The summed E-state index contributed by atoms with van der Waals surface area (Å²) in [6, 6.07) is 7.73. The van der Waals surface area contributed by atoms with Crippen LogP contribution in [0.5, 0.6) is 0 Å². The Kier molecular flexibility index (Phi) is 3.93. The lowest BCUT2D eigenvalue weighted by Gasteiger charge is -2.23. The number of ether oxygens (including phenoxy) is 1. The Balaban J connectivity index is 2.64. The number of benzene rings is 1. The molecule has 0 radical (unpaired) electrons. The number of methoxy groups -OCH3 is 1. The van der Waals surface area contributed by atoms with Crippen molar-refractivity contribution in [1.29, 1.82) is 0 Å². The molecule has 0 amide bonds. The van der Waals surface area contributed by atoms with E-state index in [1.807, 2.05) is 31.2 Å². The van der Waals surface area contributed by atoms with Gasteiger partial charge in [-0.1, -0.05) is 23.7 Å². The molecule has 1 rings (SSSR count). The van der Waals surface area contributed by atoms with E-state index >= 15 is 0 Å². The Morgan fingerprint density at radius 2 is 1.93 bits per heavy atom. The highest BCUT2D eigenvalue weighted by Gasteiger charge is 2.18. The van der Waals surface area contributed by atoms with Crippen LogP contribution in [-0.2, 0) is 11.2 Å². The van der Waals surface area contributed by atoms with Crippen LogP contribution in [0.4, 0.5) is 0 Å². The summed E-state index contributed by atoms with van der Waals surface area (Å²) in [5.41, 5.74) is 6.90. The number of nitrogens with two attached hydrogens (primary N) is 1. The molecule has 0 bridgehead atoms. The molecule has 1 atom stereocenters. The van der Waals surface area contributed by atoms with Gasteiger partial charge in [-0.3, -0.25) is 0 Å². The molecular formula is C11H16ClNO. The number of hydrogen-bond donors (Lipinski definition) is 1. The van der Waals surface area contributed by atoms with Gasteiger partial charge in [0.15, 0.2) is 0 Å². The summed E-state index contributed by atoms with van der Waals surface area (Å²) in [5.74, 6) is 0. The molecule has 2 nitrogen and oxygen atoms in total. The van der Waals surface area contributed by atoms with E-state index in [0.29, 0.717) is 6.61 Å². The molecule has 2 N–H and O–H groups in total. The van der Waals surface area contributed by atoms with Gasteiger partial charge in [-0.25, -0.2) is 0 Å². The zero-order chi connectivity index (χ0) is 10.6. The molecule has 3 heteroatoms. The van der Waals surface area contributed by atoms with Gasteiger partial charge in [0, 0.05) is 17.7 Å². The Labute approximate surface area is 90.0 Å². The Bertz CT molecular complexity index is 282. The molecule has 78 valence electrons. The Morgan fingerprint density at radius 1 is 1.36 bits per heavy atom. The third-order valence-electron chi connectivity index (χ3n) is 2.00. The van der Waals surface area contributed by atoms with Crippen LogP contribution in [0.2, 0.25) is 5.02 Å². The van der Waals surface area contributed by atoms with Crippen molar-refractivity contribution in [3.8, 4) is 0 Å². The van der Waals surface area contributed by atoms with Crippen LogP contribution in [0, 0.1) is 0 Å². The zero-order valence-electron chi connectivity index (χ0n) is 8.59. The summed E-state index contributed by atoms with van der Waals surface area (Å²) in [7, 11) is 1.66. The van der Waals surface area contributed by atoms with E-state index in [2.05, 4.69) is 0 Å². The van der Waals surface area contributed by atoms with Crippen molar-refractivity contribution in [2.75, 3.05) is 13.7 Å². The highest BCUT2D eigenvalue weighted by Crippen LogP contribution is 2.14. The molecule has 0 saturated carbocycles. The highest BCUT2D eigenvalue weighted by atomic mass is 35.5. The largest absolute Gasteiger partial charge is 0.383 e. The van der Waals surface area contributed by atoms with Gasteiger partial charge < -0.3 is 10.5 Å². The lowest BCUT2D eigenvalue weighted by Crippen LogP contribution is -2.43. The van der Waals surface area contributed by atoms with E-state index in [-0.39, 0.29) is 5.54 Å². The second kappa shape index (κ2) is 4.78. The molecule has 1 unspecified atom stereocenters. The predicted molar refractivity (Wildman–Crippen MR) is 59.6 cm³/mol. The second-order valence-electron chi connectivity index (χ2n) is 3.89. The minimum atomic E-state index is -0.317. The molecule has 14 heavy (non-hydrogen) atoms. The zero-order valence-corrected chi connectivity index (χ0v) is 9.34. The SMILES string of the molecule is COCC(C)(N)Cc1ccc(Cl)cc1. The van der Waals surface area contributed by atoms with Crippen LogP contribution in [-0.4, -0.2) is 19.3 Å². The van der Waals surface area contributed by atoms with Crippen LogP contribution in [0.3, 0.4) is 0 Å². The maximum absolute atomic E-state index is 6.04. The van der Waals surface area contributed by atoms with E-state index in [9.17, 15) is 0 Å². The summed E-state index contributed by atoms with van der Waals surface area (Å²) in [5, 5.41) is 0.749. The predicted octanol–water partition coefficient (Wildman–Crippen LogP) is 2.25. The van der Waals surface area contributed by atoms with Gasteiger partial charge >= 0.3 is 0 Å². The quantitative estimate of drug-likeness (QED) is 0.833. The van der Waals surface area contributed by atoms with E-state index in [1.54, 1.807) is 7.11 Å². The topological polar surface area (TPSA) is 35.2 Å². The van der Waals surface area contributed by atoms with Gasteiger partial charge in [-0.2, -0.15) is 0 Å². The first-order valence-corrected chi connectivity index (χ1v) is 4.93. The molecule has 0 aromatic heterocycles. The van der Waals surface area contributed by atoms with E-state index in [0.717, 1.165) is 11.4 Å². The first kappa shape index (κ1) is 11.5. The van der Waals surface area contributed by atoms with Gasteiger partial charge in [0.05, 0.1) is 6.61 Å². The molecule has 0 saturated heterocycles. The van der Waals surface area contributed by atoms with Crippen molar-refractivity contribution in [2.24, 2.45) is 5.73 Å². The molecular weight excluding hydrogens is 198 g/mol. The number of halogens is 1. The van der Waals surface area contributed by atoms with Gasteiger partial charge in [0.25, 0.3) is 0 Å². The van der Waals surface area contributed by atoms with Gasteiger partial charge in [0.1, 0.15) is 0 Å². The van der Waals surface area contributed by atoms with E-state index < -0.39 is 0 Å². The van der Waals surface area contributed by atoms with Crippen molar-refractivity contribution < 1.29 is 4.74 Å². The third-order valence-corrected chi connectivity index (χ3v) is 2.25. The Morgan fingerprint density at radius 3 is 2.43 bits per heavy atom. The first-order valence-electron chi connectivity index (χ1n) is 4.56. The lowest BCUT2D eigenvalue weighted by atomic mass is 9.95. The average molecular weight is 214 g/mol. The van der Waals surface area contributed by atoms with Crippen molar-refractivity contribution in [1.82, 2.24) is 0 Å².